The Hall–Kier alpha value is -1.28. The normalized spacial score (nSPS) is 11.4. The summed E-state index contributed by atoms with van der Waals surface area (Å²) < 4.78 is 0. The van der Waals surface area contributed by atoms with Gasteiger partial charge in [-0.05, 0) is 12.0 Å². The lowest BCUT2D eigenvalue weighted by atomic mass is 10.1. The van der Waals surface area contributed by atoms with E-state index in [4.69, 9.17) is 4.84 Å². The lowest BCUT2D eigenvalue weighted by Crippen LogP contribution is -2.09. The molecule has 0 aliphatic heterocycles. The van der Waals surface area contributed by atoms with E-state index in [0.717, 1.165) is 24.1 Å². The van der Waals surface area contributed by atoms with Crippen LogP contribution in [0.25, 0.3) is 5.70 Å². The highest BCUT2D eigenvalue weighted by Crippen LogP contribution is 2.11. The zero-order valence-corrected chi connectivity index (χ0v) is 8.79. The fraction of sp³-hybridized carbons (Fsp3) is 0.333. The summed E-state index contributed by atoms with van der Waals surface area (Å²) in [5.74, 6) is 0. The van der Waals surface area contributed by atoms with Gasteiger partial charge in [0.1, 0.15) is 0 Å². The first-order valence-corrected chi connectivity index (χ1v) is 4.93. The third kappa shape index (κ3) is 3.23. The Morgan fingerprint density at radius 1 is 1.36 bits per heavy atom. The number of benzene rings is 1. The molecule has 1 aromatic rings. The lowest BCUT2D eigenvalue weighted by Gasteiger charge is -2.08. The summed E-state index contributed by atoms with van der Waals surface area (Å²) in [6.45, 7) is 2.16. The molecule has 0 heterocycles. The molecule has 0 saturated carbocycles. The summed E-state index contributed by atoms with van der Waals surface area (Å²) in [5.41, 5.74) is 5.09. The number of allylic oxidation sites excluding steroid dienone is 1. The highest BCUT2D eigenvalue weighted by Gasteiger charge is 1.98. The molecule has 0 atom stereocenters. The van der Waals surface area contributed by atoms with Crippen molar-refractivity contribution in [3.8, 4) is 0 Å². The van der Waals surface area contributed by atoms with Crippen LogP contribution >= 0.6 is 0 Å². The Balaban J connectivity index is 2.77. The third-order valence-corrected chi connectivity index (χ3v) is 1.93. The zero-order valence-electron chi connectivity index (χ0n) is 8.79. The predicted molar refractivity (Wildman–Crippen MR) is 59.5 cm³/mol. The molecule has 0 aliphatic carbocycles. The molecule has 0 unspecified atom stereocenters. The minimum atomic E-state index is 1.04. The fourth-order valence-corrected chi connectivity index (χ4v) is 1.23. The SMILES string of the molecule is CCCC=C(NOC)c1ccccc1. The van der Waals surface area contributed by atoms with E-state index in [0.29, 0.717) is 0 Å². The highest BCUT2D eigenvalue weighted by atomic mass is 16.6. The van der Waals surface area contributed by atoms with Crippen LogP contribution in [0.5, 0.6) is 0 Å². The van der Waals surface area contributed by atoms with E-state index in [1.807, 2.05) is 18.2 Å². The van der Waals surface area contributed by atoms with Gasteiger partial charge in [0.25, 0.3) is 0 Å². The van der Waals surface area contributed by atoms with Gasteiger partial charge >= 0.3 is 0 Å². The molecule has 0 saturated heterocycles. The minimum absolute atomic E-state index is 1.04. The molecule has 0 fully saturated rings. The smallest absolute Gasteiger partial charge is 0.0636 e. The average molecular weight is 191 g/mol. The van der Waals surface area contributed by atoms with Crippen molar-refractivity contribution in [1.82, 2.24) is 5.48 Å². The van der Waals surface area contributed by atoms with Crippen molar-refractivity contribution < 1.29 is 4.84 Å². The average Bonchev–Trinajstić information content (AvgIpc) is 2.25. The highest BCUT2D eigenvalue weighted by molar-refractivity contribution is 5.62. The second-order valence-corrected chi connectivity index (χ2v) is 3.08. The molecule has 0 spiro atoms. The molecule has 0 bridgehead atoms. The molecule has 0 radical (unpaired) electrons. The third-order valence-electron chi connectivity index (χ3n) is 1.93. The molecule has 1 N–H and O–H groups in total. The van der Waals surface area contributed by atoms with E-state index < -0.39 is 0 Å². The largest absolute Gasteiger partial charge is 0.279 e. The Bertz CT molecular complexity index is 280. The summed E-state index contributed by atoms with van der Waals surface area (Å²) in [4.78, 5) is 4.94. The summed E-state index contributed by atoms with van der Waals surface area (Å²) in [5, 5.41) is 0. The number of rotatable bonds is 5. The van der Waals surface area contributed by atoms with Gasteiger partial charge in [-0.25, -0.2) is 0 Å². The van der Waals surface area contributed by atoms with Crippen LogP contribution in [-0.4, -0.2) is 7.11 Å². The van der Waals surface area contributed by atoms with Gasteiger partial charge in [-0.2, -0.15) is 0 Å². The van der Waals surface area contributed by atoms with Gasteiger partial charge in [-0.15, -0.1) is 0 Å². The molecule has 76 valence electrons. The Labute approximate surface area is 85.5 Å². The van der Waals surface area contributed by atoms with E-state index in [-0.39, 0.29) is 0 Å². The van der Waals surface area contributed by atoms with E-state index in [2.05, 4.69) is 30.6 Å². The Morgan fingerprint density at radius 2 is 2.07 bits per heavy atom. The van der Waals surface area contributed by atoms with Gasteiger partial charge in [0, 0.05) is 0 Å². The summed E-state index contributed by atoms with van der Waals surface area (Å²) in [6.07, 6.45) is 4.35. The number of hydrogen-bond acceptors (Lipinski definition) is 2. The molecule has 2 heteroatoms. The van der Waals surface area contributed by atoms with E-state index in [1.54, 1.807) is 7.11 Å². The number of hydrogen-bond donors (Lipinski definition) is 1. The maximum atomic E-state index is 4.94. The maximum absolute atomic E-state index is 4.94. The van der Waals surface area contributed by atoms with Gasteiger partial charge < -0.3 is 0 Å². The standard InChI is InChI=1S/C12H17NO/c1-3-4-10-12(13-14-2)11-8-6-5-7-9-11/h5-10,13H,3-4H2,1-2H3. The van der Waals surface area contributed by atoms with Gasteiger partial charge in [0.05, 0.1) is 12.8 Å². The van der Waals surface area contributed by atoms with Crippen molar-refractivity contribution in [3.63, 3.8) is 0 Å². The first-order valence-electron chi connectivity index (χ1n) is 4.93. The van der Waals surface area contributed by atoms with Gasteiger partial charge in [0.15, 0.2) is 0 Å². The second kappa shape index (κ2) is 6.22. The number of nitrogens with one attached hydrogen (secondary N) is 1. The monoisotopic (exact) mass is 191 g/mol. The Kier molecular flexibility index (Phi) is 4.79. The molecular weight excluding hydrogens is 174 g/mol. The van der Waals surface area contributed by atoms with Crippen LogP contribution in [0.15, 0.2) is 36.4 Å². The quantitative estimate of drug-likeness (QED) is 0.722. The van der Waals surface area contributed by atoms with Crippen molar-refractivity contribution in [2.24, 2.45) is 0 Å². The second-order valence-electron chi connectivity index (χ2n) is 3.08. The minimum Gasteiger partial charge on any atom is -0.279 e. The van der Waals surface area contributed by atoms with E-state index in [1.165, 1.54) is 0 Å². The summed E-state index contributed by atoms with van der Waals surface area (Å²) in [7, 11) is 1.63. The van der Waals surface area contributed by atoms with Crippen LogP contribution in [-0.2, 0) is 4.84 Å². The number of hydroxylamine groups is 1. The van der Waals surface area contributed by atoms with Crippen LogP contribution < -0.4 is 5.48 Å². The predicted octanol–water partition coefficient (Wildman–Crippen LogP) is 2.98. The van der Waals surface area contributed by atoms with Crippen molar-refractivity contribution in [1.29, 1.82) is 0 Å². The molecule has 0 amide bonds. The molecule has 0 aromatic heterocycles. The fourth-order valence-electron chi connectivity index (χ4n) is 1.23. The van der Waals surface area contributed by atoms with E-state index in [9.17, 15) is 0 Å². The van der Waals surface area contributed by atoms with Crippen molar-refractivity contribution in [2.75, 3.05) is 7.11 Å². The topological polar surface area (TPSA) is 21.3 Å². The zero-order chi connectivity index (χ0) is 10.2. The number of unbranched alkanes of at least 4 members (excludes halogenated alkanes) is 1. The molecule has 1 aromatic carbocycles. The van der Waals surface area contributed by atoms with Crippen LogP contribution in [0.2, 0.25) is 0 Å². The van der Waals surface area contributed by atoms with Crippen molar-refractivity contribution in [3.05, 3.63) is 42.0 Å². The molecule has 14 heavy (non-hydrogen) atoms. The Morgan fingerprint density at radius 3 is 2.64 bits per heavy atom. The van der Waals surface area contributed by atoms with Crippen molar-refractivity contribution in [2.45, 2.75) is 19.8 Å². The van der Waals surface area contributed by atoms with E-state index >= 15 is 0 Å². The van der Waals surface area contributed by atoms with Crippen molar-refractivity contribution >= 4 is 5.70 Å². The first kappa shape index (κ1) is 10.8. The van der Waals surface area contributed by atoms with Gasteiger partial charge in [-0.1, -0.05) is 49.8 Å². The van der Waals surface area contributed by atoms with Gasteiger partial charge in [0.2, 0.25) is 0 Å². The van der Waals surface area contributed by atoms with Crippen LogP contribution in [0.4, 0.5) is 0 Å². The van der Waals surface area contributed by atoms with Gasteiger partial charge in [-0.3, -0.25) is 10.3 Å². The van der Waals surface area contributed by atoms with Crippen LogP contribution in [0.1, 0.15) is 25.3 Å². The summed E-state index contributed by atoms with van der Waals surface area (Å²) in [6, 6.07) is 10.2. The lowest BCUT2D eigenvalue weighted by molar-refractivity contribution is 0.136. The molecule has 1 rings (SSSR count). The van der Waals surface area contributed by atoms with Crippen LogP contribution in [0.3, 0.4) is 0 Å². The van der Waals surface area contributed by atoms with Crippen LogP contribution in [0, 0.1) is 0 Å². The maximum Gasteiger partial charge on any atom is 0.0636 e. The summed E-state index contributed by atoms with van der Waals surface area (Å²) >= 11 is 0. The molecular formula is C12H17NO. The molecule has 0 aliphatic rings. The molecule has 2 nitrogen and oxygen atoms in total. The first-order chi connectivity index (χ1) is 6.88.